The lowest BCUT2D eigenvalue weighted by Crippen LogP contribution is -2.33. The Morgan fingerprint density at radius 2 is 1.96 bits per heavy atom. The molecule has 28 heavy (non-hydrogen) atoms. The summed E-state index contributed by atoms with van der Waals surface area (Å²) in [6.07, 6.45) is 1.47. The highest BCUT2D eigenvalue weighted by atomic mass is 35.5. The number of halogens is 2. The van der Waals surface area contributed by atoms with Crippen LogP contribution in [0.5, 0.6) is 0 Å². The maximum atomic E-state index is 14.2. The molecule has 0 atom stereocenters. The van der Waals surface area contributed by atoms with E-state index in [4.69, 9.17) is 11.6 Å². The van der Waals surface area contributed by atoms with Crippen molar-refractivity contribution in [3.05, 3.63) is 74.0 Å². The molecule has 146 valence electrons. The Kier molecular flexibility index (Phi) is 5.60. The fourth-order valence-electron chi connectivity index (χ4n) is 2.85. The summed E-state index contributed by atoms with van der Waals surface area (Å²) in [7, 11) is 1.14. The zero-order chi connectivity index (χ0) is 20.4. The molecule has 7 nitrogen and oxygen atoms in total. The third kappa shape index (κ3) is 4.12. The SMILES string of the molecule is COC(=O)c1cc(C(=O)N(Cc2c(F)cccc2Cl)C2CC2)cc([N+](=O)[O-])c1. The summed E-state index contributed by atoms with van der Waals surface area (Å²) in [5.41, 5.74) is -0.400. The molecule has 1 fully saturated rings. The lowest BCUT2D eigenvalue weighted by molar-refractivity contribution is -0.384. The number of esters is 1. The van der Waals surface area contributed by atoms with Gasteiger partial charge < -0.3 is 9.64 Å². The van der Waals surface area contributed by atoms with Crippen LogP contribution in [0.4, 0.5) is 10.1 Å². The largest absolute Gasteiger partial charge is 0.465 e. The number of hydrogen-bond donors (Lipinski definition) is 0. The molecule has 0 N–H and O–H groups in total. The van der Waals surface area contributed by atoms with Crippen LogP contribution < -0.4 is 0 Å². The lowest BCUT2D eigenvalue weighted by Gasteiger charge is -2.23. The van der Waals surface area contributed by atoms with Crippen molar-refractivity contribution < 1.29 is 23.6 Å². The Morgan fingerprint density at radius 1 is 1.29 bits per heavy atom. The Balaban J connectivity index is 1.99. The van der Waals surface area contributed by atoms with Crippen molar-refractivity contribution in [3.63, 3.8) is 0 Å². The number of methoxy groups -OCH3 is 1. The van der Waals surface area contributed by atoms with E-state index in [1.165, 1.54) is 29.2 Å². The molecule has 0 aliphatic heterocycles. The second-order valence-electron chi connectivity index (χ2n) is 6.38. The molecular formula is C19H16ClFN2O5. The van der Waals surface area contributed by atoms with Crippen LogP contribution in [0.1, 0.15) is 39.1 Å². The number of carbonyl (C=O) groups excluding carboxylic acids is 2. The van der Waals surface area contributed by atoms with Gasteiger partial charge in [0.05, 0.1) is 24.1 Å². The van der Waals surface area contributed by atoms with Gasteiger partial charge >= 0.3 is 5.97 Å². The molecule has 0 saturated heterocycles. The topological polar surface area (TPSA) is 89.8 Å². The number of nitro groups is 1. The summed E-state index contributed by atoms with van der Waals surface area (Å²) in [5.74, 6) is -1.89. The highest BCUT2D eigenvalue weighted by Gasteiger charge is 2.35. The van der Waals surface area contributed by atoms with Crippen molar-refractivity contribution in [1.29, 1.82) is 0 Å². The van der Waals surface area contributed by atoms with Crippen LogP contribution in [0.15, 0.2) is 36.4 Å². The van der Waals surface area contributed by atoms with Gasteiger partial charge in [0, 0.05) is 34.3 Å². The van der Waals surface area contributed by atoms with Gasteiger partial charge in [-0.3, -0.25) is 14.9 Å². The van der Waals surface area contributed by atoms with Crippen LogP contribution in [-0.4, -0.2) is 34.9 Å². The van der Waals surface area contributed by atoms with Crippen LogP contribution in [0.25, 0.3) is 0 Å². The smallest absolute Gasteiger partial charge is 0.338 e. The number of nitrogens with zero attached hydrogens (tertiary/aromatic N) is 2. The minimum atomic E-state index is -0.798. The number of ether oxygens (including phenoxy) is 1. The van der Waals surface area contributed by atoms with Gasteiger partial charge in [0.1, 0.15) is 5.82 Å². The van der Waals surface area contributed by atoms with Crippen LogP contribution in [0, 0.1) is 15.9 Å². The van der Waals surface area contributed by atoms with E-state index in [2.05, 4.69) is 4.74 Å². The Labute approximate surface area is 164 Å². The number of hydrogen-bond acceptors (Lipinski definition) is 5. The molecule has 9 heteroatoms. The predicted octanol–water partition coefficient (Wildman–Crippen LogP) is 3.98. The zero-order valence-corrected chi connectivity index (χ0v) is 15.6. The maximum Gasteiger partial charge on any atom is 0.338 e. The minimum Gasteiger partial charge on any atom is -0.465 e. The number of amides is 1. The summed E-state index contributed by atoms with van der Waals surface area (Å²) >= 11 is 6.07. The standard InChI is InChI=1S/C19H16ClFN2O5/c1-28-19(25)12-7-11(8-14(9-12)23(26)27)18(24)22(13-5-6-13)10-15-16(20)3-2-4-17(15)21/h2-4,7-9,13H,5-6,10H2,1H3. The molecule has 0 unspecified atom stereocenters. The summed E-state index contributed by atoms with van der Waals surface area (Å²) in [4.78, 5) is 36.8. The van der Waals surface area contributed by atoms with E-state index in [0.717, 1.165) is 32.1 Å². The molecule has 3 rings (SSSR count). The molecule has 1 aliphatic carbocycles. The number of nitro benzene ring substituents is 1. The van der Waals surface area contributed by atoms with E-state index < -0.39 is 28.3 Å². The van der Waals surface area contributed by atoms with Gasteiger partial charge in [-0.15, -0.1) is 0 Å². The number of carbonyl (C=O) groups is 2. The third-order valence-electron chi connectivity index (χ3n) is 4.44. The molecule has 0 bridgehead atoms. The predicted molar refractivity (Wildman–Crippen MR) is 98.7 cm³/mol. The summed E-state index contributed by atoms with van der Waals surface area (Å²) < 4.78 is 18.8. The second kappa shape index (κ2) is 7.93. The van der Waals surface area contributed by atoms with E-state index in [1.54, 1.807) is 0 Å². The molecule has 1 aliphatic rings. The van der Waals surface area contributed by atoms with Crippen molar-refractivity contribution in [2.75, 3.05) is 7.11 Å². The molecule has 0 aromatic heterocycles. The third-order valence-corrected chi connectivity index (χ3v) is 4.79. The number of non-ortho nitro benzene ring substituents is 1. The van der Waals surface area contributed by atoms with Gasteiger partial charge in [0.2, 0.25) is 0 Å². The summed E-state index contributed by atoms with van der Waals surface area (Å²) in [6.45, 7) is -0.0781. The van der Waals surface area contributed by atoms with E-state index in [0.29, 0.717) is 0 Å². The fraction of sp³-hybridized carbons (Fsp3) is 0.263. The average molecular weight is 407 g/mol. The number of benzene rings is 2. The molecule has 1 saturated carbocycles. The second-order valence-corrected chi connectivity index (χ2v) is 6.79. The molecule has 0 radical (unpaired) electrons. The Hall–Kier alpha value is -3.00. The van der Waals surface area contributed by atoms with E-state index in [1.807, 2.05) is 0 Å². The van der Waals surface area contributed by atoms with Crippen LogP contribution in [-0.2, 0) is 11.3 Å². The fourth-order valence-corrected chi connectivity index (χ4v) is 3.07. The van der Waals surface area contributed by atoms with Gasteiger partial charge in [0.25, 0.3) is 11.6 Å². The molecule has 0 heterocycles. The van der Waals surface area contributed by atoms with Gasteiger partial charge in [-0.25, -0.2) is 9.18 Å². The highest BCUT2D eigenvalue weighted by Crippen LogP contribution is 2.32. The molecule has 0 spiro atoms. The molecule has 2 aromatic carbocycles. The molecule has 1 amide bonds. The zero-order valence-electron chi connectivity index (χ0n) is 14.9. The normalized spacial score (nSPS) is 13.1. The van der Waals surface area contributed by atoms with Crippen LogP contribution in [0.2, 0.25) is 5.02 Å². The quantitative estimate of drug-likeness (QED) is 0.411. The number of rotatable bonds is 6. The minimum absolute atomic E-state index is 0.0473. The van der Waals surface area contributed by atoms with Gasteiger partial charge in [-0.1, -0.05) is 17.7 Å². The van der Waals surface area contributed by atoms with Crippen molar-refractivity contribution in [2.24, 2.45) is 0 Å². The average Bonchev–Trinajstić information content (AvgIpc) is 3.51. The first-order valence-electron chi connectivity index (χ1n) is 8.43. The molecular weight excluding hydrogens is 391 g/mol. The van der Waals surface area contributed by atoms with Crippen molar-refractivity contribution in [2.45, 2.75) is 25.4 Å². The van der Waals surface area contributed by atoms with Crippen molar-refractivity contribution in [3.8, 4) is 0 Å². The highest BCUT2D eigenvalue weighted by molar-refractivity contribution is 6.31. The monoisotopic (exact) mass is 406 g/mol. The van der Waals surface area contributed by atoms with E-state index in [9.17, 15) is 24.1 Å². The van der Waals surface area contributed by atoms with Crippen LogP contribution >= 0.6 is 11.6 Å². The Bertz CT molecular complexity index is 941. The van der Waals surface area contributed by atoms with E-state index >= 15 is 0 Å². The first kappa shape index (κ1) is 19.8. The maximum absolute atomic E-state index is 14.2. The van der Waals surface area contributed by atoms with Crippen molar-refractivity contribution in [1.82, 2.24) is 4.90 Å². The first-order valence-corrected chi connectivity index (χ1v) is 8.81. The Morgan fingerprint density at radius 3 is 2.54 bits per heavy atom. The molecule has 2 aromatic rings. The van der Waals surface area contributed by atoms with Crippen LogP contribution in [0.3, 0.4) is 0 Å². The van der Waals surface area contributed by atoms with Gasteiger partial charge in [-0.05, 0) is 31.0 Å². The summed E-state index contributed by atoms with van der Waals surface area (Å²) in [5, 5.41) is 11.4. The first-order chi connectivity index (χ1) is 13.3. The van der Waals surface area contributed by atoms with Gasteiger partial charge in [-0.2, -0.15) is 0 Å². The van der Waals surface area contributed by atoms with Crippen molar-refractivity contribution >= 4 is 29.2 Å². The lowest BCUT2D eigenvalue weighted by atomic mass is 10.1. The van der Waals surface area contributed by atoms with E-state index in [-0.39, 0.29) is 34.3 Å². The van der Waals surface area contributed by atoms with Gasteiger partial charge in [0.15, 0.2) is 0 Å². The summed E-state index contributed by atoms with van der Waals surface area (Å²) in [6, 6.07) is 7.49.